The second kappa shape index (κ2) is 5.19. The SMILES string of the molecule is CC1(C)CN(C(=O)c2cnn(C3CC3)c2)C1c1nccn1CC1CC1. The summed E-state index contributed by atoms with van der Waals surface area (Å²) >= 11 is 0. The van der Waals surface area contributed by atoms with Gasteiger partial charge in [-0.2, -0.15) is 5.10 Å². The Morgan fingerprint density at radius 2 is 2.08 bits per heavy atom. The van der Waals surface area contributed by atoms with Gasteiger partial charge in [-0.15, -0.1) is 0 Å². The first-order valence-electron chi connectivity index (χ1n) is 9.39. The number of likely N-dealkylation sites (tertiary alicyclic amines) is 1. The Balaban J connectivity index is 1.40. The number of rotatable bonds is 5. The van der Waals surface area contributed by atoms with Crippen molar-refractivity contribution >= 4 is 5.91 Å². The molecule has 1 unspecified atom stereocenters. The van der Waals surface area contributed by atoms with Crippen molar-refractivity contribution < 1.29 is 4.79 Å². The van der Waals surface area contributed by atoms with Crippen molar-refractivity contribution in [3.8, 4) is 0 Å². The first-order valence-corrected chi connectivity index (χ1v) is 9.39. The lowest BCUT2D eigenvalue weighted by Gasteiger charge is -2.53. The lowest BCUT2D eigenvalue weighted by Crippen LogP contribution is -2.58. The zero-order valence-electron chi connectivity index (χ0n) is 14.9. The smallest absolute Gasteiger partial charge is 0.257 e. The molecule has 0 spiro atoms. The summed E-state index contributed by atoms with van der Waals surface area (Å²) in [6.07, 6.45) is 12.6. The second-order valence-corrected chi connectivity index (χ2v) is 8.65. The van der Waals surface area contributed by atoms with Crippen LogP contribution in [-0.4, -0.2) is 36.7 Å². The molecule has 2 saturated carbocycles. The summed E-state index contributed by atoms with van der Waals surface area (Å²) in [5.74, 6) is 1.90. The average Bonchev–Trinajstić information content (AvgIpc) is 3.48. The summed E-state index contributed by atoms with van der Waals surface area (Å²) in [5, 5.41) is 4.38. The molecular weight excluding hydrogens is 314 g/mol. The molecule has 0 aromatic carbocycles. The molecule has 3 aliphatic rings. The van der Waals surface area contributed by atoms with Crippen molar-refractivity contribution in [3.63, 3.8) is 0 Å². The van der Waals surface area contributed by atoms with Gasteiger partial charge in [0.25, 0.3) is 5.91 Å². The van der Waals surface area contributed by atoms with Crippen molar-refractivity contribution in [1.29, 1.82) is 0 Å². The lowest BCUT2D eigenvalue weighted by atomic mass is 9.74. The average molecular weight is 339 g/mol. The molecule has 1 saturated heterocycles. The molecule has 3 heterocycles. The summed E-state index contributed by atoms with van der Waals surface area (Å²) in [7, 11) is 0. The van der Waals surface area contributed by atoms with Gasteiger partial charge in [0, 0.05) is 37.1 Å². The van der Waals surface area contributed by atoms with Crippen molar-refractivity contribution in [3.05, 3.63) is 36.2 Å². The fourth-order valence-electron chi connectivity index (χ4n) is 4.06. The Labute approximate surface area is 147 Å². The van der Waals surface area contributed by atoms with Gasteiger partial charge in [0.15, 0.2) is 0 Å². The van der Waals surface area contributed by atoms with Gasteiger partial charge < -0.3 is 9.47 Å². The van der Waals surface area contributed by atoms with E-state index in [1.165, 1.54) is 25.7 Å². The van der Waals surface area contributed by atoms with Gasteiger partial charge in [-0.05, 0) is 31.6 Å². The standard InChI is InChI=1S/C19H25N5O/c1-19(2)12-23(18(25)14-9-21-24(11-14)15-5-6-15)16(19)17-20-7-8-22(17)10-13-3-4-13/h7-9,11,13,15-16H,3-6,10,12H2,1-2H3. The first-order chi connectivity index (χ1) is 12.0. The molecule has 25 heavy (non-hydrogen) atoms. The highest BCUT2D eigenvalue weighted by Gasteiger charge is 2.51. The zero-order valence-corrected chi connectivity index (χ0v) is 14.9. The normalized spacial score (nSPS) is 25.0. The number of amides is 1. The van der Waals surface area contributed by atoms with E-state index in [1.54, 1.807) is 6.20 Å². The van der Waals surface area contributed by atoms with E-state index in [0.717, 1.165) is 24.8 Å². The van der Waals surface area contributed by atoms with Gasteiger partial charge >= 0.3 is 0 Å². The van der Waals surface area contributed by atoms with Crippen LogP contribution in [0.3, 0.4) is 0 Å². The van der Waals surface area contributed by atoms with E-state index in [1.807, 2.05) is 22.0 Å². The fraction of sp³-hybridized carbons (Fsp3) is 0.632. The molecule has 2 aromatic heterocycles. The third-order valence-corrected chi connectivity index (χ3v) is 5.80. The Bertz CT molecular complexity index is 811. The number of nitrogens with zero attached hydrogens (tertiary/aromatic N) is 5. The van der Waals surface area contributed by atoms with E-state index in [9.17, 15) is 4.79 Å². The number of hydrogen-bond donors (Lipinski definition) is 0. The Hall–Kier alpha value is -2.11. The molecule has 3 fully saturated rings. The topological polar surface area (TPSA) is 56.0 Å². The van der Waals surface area contributed by atoms with Crippen LogP contribution in [0.4, 0.5) is 0 Å². The molecule has 1 atom stereocenters. The Kier molecular flexibility index (Phi) is 3.15. The van der Waals surface area contributed by atoms with Crippen LogP contribution >= 0.6 is 0 Å². The molecule has 0 radical (unpaired) electrons. The van der Waals surface area contributed by atoms with Gasteiger partial charge in [-0.25, -0.2) is 4.98 Å². The van der Waals surface area contributed by atoms with Crippen LogP contribution in [0.1, 0.15) is 67.8 Å². The highest BCUT2D eigenvalue weighted by atomic mass is 16.2. The van der Waals surface area contributed by atoms with Crippen LogP contribution in [-0.2, 0) is 6.54 Å². The summed E-state index contributed by atoms with van der Waals surface area (Å²) in [6, 6.07) is 0.542. The minimum atomic E-state index is 0.0398. The maximum Gasteiger partial charge on any atom is 0.257 e. The molecule has 0 N–H and O–H groups in total. The molecule has 1 aliphatic heterocycles. The van der Waals surface area contributed by atoms with Crippen LogP contribution in [0.2, 0.25) is 0 Å². The molecule has 1 amide bonds. The maximum absolute atomic E-state index is 13.1. The van der Waals surface area contributed by atoms with E-state index < -0.39 is 0 Å². The second-order valence-electron chi connectivity index (χ2n) is 8.65. The minimum absolute atomic E-state index is 0.0398. The zero-order chi connectivity index (χ0) is 17.2. The number of carbonyl (C=O) groups is 1. The highest BCUT2D eigenvalue weighted by Crippen LogP contribution is 2.48. The highest BCUT2D eigenvalue weighted by molar-refractivity contribution is 5.94. The molecule has 5 rings (SSSR count). The third-order valence-electron chi connectivity index (χ3n) is 5.80. The number of aromatic nitrogens is 4. The van der Waals surface area contributed by atoms with Gasteiger partial charge in [0.2, 0.25) is 0 Å². The molecule has 6 heteroatoms. The molecule has 2 aromatic rings. The van der Waals surface area contributed by atoms with Crippen LogP contribution in [0.25, 0.3) is 0 Å². The van der Waals surface area contributed by atoms with Crippen molar-refractivity contribution in [2.45, 2.75) is 58.2 Å². The number of hydrogen-bond acceptors (Lipinski definition) is 3. The summed E-state index contributed by atoms with van der Waals surface area (Å²) in [6.45, 7) is 6.25. The lowest BCUT2D eigenvalue weighted by molar-refractivity contribution is -0.0379. The van der Waals surface area contributed by atoms with Crippen molar-refractivity contribution in [1.82, 2.24) is 24.2 Å². The summed E-state index contributed by atoms with van der Waals surface area (Å²) in [5.41, 5.74) is 0.752. The molecule has 6 nitrogen and oxygen atoms in total. The minimum Gasteiger partial charge on any atom is -0.333 e. The van der Waals surface area contributed by atoms with Gasteiger partial charge in [-0.1, -0.05) is 13.8 Å². The Morgan fingerprint density at radius 3 is 2.76 bits per heavy atom. The van der Waals surface area contributed by atoms with Crippen LogP contribution in [0.5, 0.6) is 0 Å². The Morgan fingerprint density at radius 1 is 1.28 bits per heavy atom. The first kappa shape index (κ1) is 15.2. The van der Waals surface area contributed by atoms with E-state index in [0.29, 0.717) is 11.6 Å². The van der Waals surface area contributed by atoms with Crippen LogP contribution in [0, 0.1) is 11.3 Å². The van der Waals surface area contributed by atoms with Crippen LogP contribution < -0.4 is 0 Å². The predicted octanol–water partition coefficient (Wildman–Crippen LogP) is 3.05. The molecule has 0 bridgehead atoms. The molecule has 132 valence electrons. The van der Waals surface area contributed by atoms with Gasteiger partial charge in [0.1, 0.15) is 5.82 Å². The van der Waals surface area contributed by atoms with E-state index >= 15 is 0 Å². The summed E-state index contributed by atoms with van der Waals surface area (Å²) < 4.78 is 4.21. The fourth-order valence-corrected chi connectivity index (χ4v) is 4.06. The van der Waals surface area contributed by atoms with Gasteiger partial charge in [0.05, 0.1) is 23.8 Å². The van der Waals surface area contributed by atoms with Gasteiger partial charge in [-0.3, -0.25) is 9.48 Å². The molecule has 2 aliphatic carbocycles. The number of carbonyl (C=O) groups excluding carboxylic acids is 1. The quantitative estimate of drug-likeness (QED) is 0.841. The monoisotopic (exact) mass is 339 g/mol. The van der Waals surface area contributed by atoms with E-state index in [2.05, 4.69) is 34.7 Å². The third kappa shape index (κ3) is 2.58. The van der Waals surface area contributed by atoms with E-state index in [4.69, 9.17) is 0 Å². The molecular formula is C19H25N5O. The van der Waals surface area contributed by atoms with Crippen LogP contribution in [0.15, 0.2) is 24.8 Å². The van der Waals surface area contributed by atoms with E-state index in [-0.39, 0.29) is 17.4 Å². The summed E-state index contributed by atoms with van der Waals surface area (Å²) in [4.78, 5) is 19.7. The maximum atomic E-state index is 13.1. The van der Waals surface area contributed by atoms with Crippen molar-refractivity contribution in [2.75, 3.05) is 6.54 Å². The predicted molar refractivity (Wildman–Crippen MR) is 93.0 cm³/mol. The number of imidazole rings is 1. The largest absolute Gasteiger partial charge is 0.333 e. The van der Waals surface area contributed by atoms with Crippen molar-refractivity contribution in [2.24, 2.45) is 11.3 Å².